The summed E-state index contributed by atoms with van der Waals surface area (Å²) in [5.74, 6) is 0. The van der Waals surface area contributed by atoms with Gasteiger partial charge in [-0.15, -0.1) is 0 Å². The molecule has 0 radical (unpaired) electrons. The highest BCUT2D eigenvalue weighted by molar-refractivity contribution is 4.66. The van der Waals surface area contributed by atoms with Gasteiger partial charge in [0.05, 0.1) is 0 Å². The van der Waals surface area contributed by atoms with Crippen molar-refractivity contribution in [2.75, 3.05) is 20.1 Å². The molecule has 176 valence electrons. The second-order valence-electron chi connectivity index (χ2n) is 11.0. The van der Waals surface area contributed by atoms with Crippen molar-refractivity contribution in [2.24, 2.45) is 5.41 Å². The second kappa shape index (κ2) is 21.2. The van der Waals surface area contributed by atoms with Crippen LogP contribution in [-0.4, -0.2) is 25.0 Å². The lowest BCUT2D eigenvalue weighted by atomic mass is 9.96. The van der Waals surface area contributed by atoms with Crippen LogP contribution >= 0.6 is 0 Å². The summed E-state index contributed by atoms with van der Waals surface area (Å²) in [5, 5.41) is 0. The third-order valence-electron chi connectivity index (χ3n) is 6.14. The lowest BCUT2D eigenvalue weighted by Crippen LogP contribution is -2.30. The minimum absolute atomic E-state index is 0.433. The van der Waals surface area contributed by atoms with Crippen molar-refractivity contribution in [3.63, 3.8) is 0 Å². The second-order valence-corrected chi connectivity index (χ2v) is 11.0. The molecule has 0 heterocycles. The number of nitrogens with zero attached hydrogens (tertiary/aromatic N) is 1. The molecule has 0 aliphatic carbocycles. The maximum Gasteiger partial charge on any atom is 0.00270 e. The summed E-state index contributed by atoms with van der Waals surface area (Å²) in [7, 11) is 2.28. The predicted molar refractivity (Wildman–Crippen MR) is 135 cm³/mol. The first-order valence-electron chi connectivity index (χ1n) is 13.6. The SMILES string of the molecule is CCCCCCCCCCCCCCCCCCCCCCN(C)CC(C)(C)C. The molecule has 0 aliphatic heterocycles. The summed E-state index contributed by atoms with van der Waals surface area (Å²) in [6.07, 6.45) is 29.2. The number of rotatable bonds is 22. The minimum atomic E-state index is 0.433. The van der Waals surface area contributed by atoms with Gasteiger partial charge in [-0.25, -0.2) is 0 Å². The zero-order valence-electron chi connectivity index (χ0n) is 21.5. The van der Waals surface area contributed by atoms with Gasteiger partial charge in [0.25, 0.3) is 0 Å². The van der Waals surface area contributed by atoms with Gasteiger partial charge in [0.15, 0.2) is 0 Å². The fourth-order valence-corrected chi connectivity index (χ4v) is 4.53. The average molecular weight is 410 g/mol. The third-order valence-corrected chi connectivity index (χ3v) is 6.14. The normalized spacial score (nSPS) is 12.2. The average Bonchev–Trinajstić information content (AvgIpc) is 2.65. The van der Waals surface area contributed by atoms with Crippen LogP contribution in [0.2, 0.25) is 0 Å². The molecule has 0 N–H and O–H groups in total. The van der Waals surface area contributed by atoms with Crippen LogP contribution in [0.3, 0.4) is 0 Å². The van der Waals surface area contributed by atoms with E-state index < -0.39 is 0 Å². The largest absolute Gasteiger partial charge is 0.306 e. The molecule has 1 nitrogen and oxygen atoms in total. The third kappa shape index (κ3) is 25.9. The van der Waals surface area contributed by atoms with Crippen molar-refractivity contribution in [3.05, 3.63) is 0 Å². The molecule has 0 spiro atoms. The topological polar surface area (TPSA) is 3.24 Å². The zero-order valence-corrected chi connectivity index (χ0v) is 21.5. The quantitative estimate of drug-likeness (QED) is 0.161. The van der Waals surface area contributed by atoms with Crippen molar-refractivity contribution >= 4 is 0 Å². The molecule has 29 heavy (non-hydrogen) atoms. The van der Waals surface area contributed by atoms with Crippen molar-refractivity contribution in [2.45, 2.75) is 156 Å². The van der Waals surface area contributed by atoms with Gasteiger partial charge in [-0.2, -0.15) is 0 Å². The predicted octanol–water partition coefficient (Wildman–Crippen LogP) is 9.79. The number of unbranched alkanes of at least 4 members (excludes halogenated alkanes) is 19. The Morgan fingerprint density at radius 3 is 1.00 bits per heavy atom. The minimum Gasteiger partial charge on any atom is -0.306 e. The van der Waals surface area contributed by atoms with Crippen LogP contribution in [0.4, 0.5) is 0 Å². The molecule has 0 saturated heterocycles. The van der Waals surface area contributed by atoms with Gasteiger partial charge < -0.3 is 4.90 Å². The van der Waals surface area contributed by atoms with Gasteiger partial charge in [0.2, 0.25) is 0 Å². The maximum absolute atomic E-state index is 2.51. The Morgan fingerprint density at radius 1 is 0.448 bits per heavy atom. The van der Waals surface area contributed by atoms with E-state index in [9.17, 15) is 0 Å². The van der Waals surface area contributed by atoms with Gasteiger partial charge in [0.1, 0.15) is 0 Å². The van der Waals surface area contributed by atoms with E-state index in [1.54, 1.807) is 0 Å². The highest BCUT2D eigenvalue weighted by Gasteiger charge is 2.12. The highest BCUT2D eigenvalue weighted by Crippen LogP contribution is 2.16. The molecule has 0 unspecified atom stereocenters. The van der Waals surface area contributed by atoms with E-state index >= 15 is 0 Å². The smallest absolute Gasteiger partial charge is 0.00270 e. The first-order chi connectivity index (χ1) is 14.0. The Kier molecular flexibility index (Phi) is 21.2. The first-order valence-corrected chi connectivity index (χ1v) is 13.6. The molecule has 1 heteroatoms. The molecule has 0 aliphatic rings. The molecule has 0 fully saturated rings. The van der Waals surface area contributed by atoms with E-state index in [0.29, 0.717) is 5.41 Å². The molecule has 0 aromatic heterocycles. The van der Waals surface area contributed by atoms with Crippen LogP contribution in [0.25, 0.3) is 0 Å². The molecule has 0 atom stereocenters. The molecule has 0 aromatic rings. The van der Waals surface area contributed by atoms with Crippen LogP contribution in [-0.2, 0) is 0 Å². The van der Waals surface area contributed by atoms with E-state index in [1.807, 2.05) is 0 Å². The Bertz CT molecular complexity index is 304. The van der Waals surface area contributed by atoms with Crippen LogP contribution in [0.5, 0.6) is 0 Å². The Balaban J connectivity index is 3.10. The van der Waals surface area contributed by atoms with Crippen LogP contribution in [0.15, 0.2) is 0 Å². The fourth-order valence-electron chi connectivity index (χ4n) is 4.53. The van der Waals surface area contributed by atoms with Crippen molar-refractivity contribution in [3.8, 4) is 0 Å². The van der Waals surface area contributed by atoms with Crippen LogP contribution in [0, 0.1) is 5.41 Å². The van der Waals surface area contributed by atoms with Crippen LogP contribution in [0.1, 0.15) is 156 Å². The molecule has 0 rings (SSSR count). The van der Waals surface area contributed by atoms with Crippen molar-refractivity contribution in [1.29, 1.82) is 0 Å². The molecule has 0 amide bonds. The fraction of sp³-hybridized carbons (Fsp3) is 1.00. The Hall–Kier alpha value is -0.0400. The lowest BCUT2D eigenvalue weighted by molar-refractivity contribution is 0.223. The zero-order chi connectivity index (χ0) is 21.6. The van der Waals surface area contributed by atoms with E-state index in [1.165, 1.54) is 142 Å². The lowest BCUT2D eigenvalue weighted by Gasteiger charge is -2.26. The maximum atomic E-state index is 2.51. The summed E-state index contributed by atoms with van der Waals surface area (Å²) < 4.78 is 0. The molecular formula is C28H59N. The van der Waals surface area contributed by atoms with E-state index in [2.05, 4.69) is 39.6 Å². The van der Waals surface area contributed by atoms with Gasteiger partial charge >= 0.3 is 0 Å². The molecule has 0 saturated carbocycles. The summed E-state index contributed by atoms with van der Waals surface area (Å²) in [6.45, 7) is 11.8. The van der Waals surface area contributed by atoms with Gasteiger partial charge in [-0.3, -0.25) is 0 Å². The van der Waals surface area contributed by atoms with Crippen molar-refractivity contribution in [1.82, 2.24) is 4.90 Å². The summed E-state index contributed by atoms with van der Waals surface area (Å²) in [5.41, 5.74) is 0.433. The Labute approximate surface area is 186 Å². The van der Waals surface area contributed by atoms with E-state index in [-0.39, 0.29) is 0 Å². The first kappa shape index (κ1) is 29.0. The monoisotopic (exact) mass is 409 g/mol. The van der Waals surface area contributed by atoms with Crippen molar-refractivity contribution < 1.29 is 0 Å². The molecule has 0 bridgehead atoms. The molecule has 0 aromatic carbocycles. The summed E-state index contributed by atoms with van der Waals surface area (Å²) in [4.78, 5) is 2.51. The van der Waals surface area contributed by atoms with E-state index in [0.717, 1.165) is 0 Å². The Morgan fingerprint density at radius 2 is 0.724 bits per heavy atom. The van der Waals surface area contributed by atoms with Gasteiger partial charge in [-0.1, -0.05) is 150 Å². The standard InChI is InChI=1S/C28H59N/c1-6-7-8-9-10-11-12-13-14-15-16-17-18-19-20-21-22-23-24-25-26-29(5)27-28(2,3)4/h6-27H2,1-5H3. The highest BCUT2D eigenvalue weighted by atomic mass is 15.1. The number of hydrogen-bond donors (Lipinski definition) is 0. The van der Waals surface area contributed by atoms with Gasteiger partial charge in [0, 0.05) is 6.54 Å². The molecular weight excluding hydrogens is 350 g/mol. The van der Waals surface area contributed by atoms with E-state index in [4.69, 9.17) is 0 Å². The van der Waals surface area contributed by atoms with Gasteiger partial charge in [-0.05, 0) is 25.4 Å². The number of hydrogen-bond acceptors (Lipinski definition) is 1. The summed E-state index contributed by atoms with van der Waals surface area (Å²) >= 11 is 0. The summed E-state index contributed by atoms with van der Waals surface area (Å²) in [6, 6.07) is 0. The van der Waals surface area contributed by atoms with Crippen LogP contribution < -0.4 is 0 Å².